The molecule has 6 heteroatoms. The third-order valence-corrected chi connectivity index (χ3v) is 4.21. The highest BCUT2D eigenvalue weighted by Crippen LogP contribution is 2.39. The van der Waals surface area contributed by atoms with Crippen LogP contribution in [-0.2, 0) is 0 Å². The highest BCUT2D eigenvalue weighted by atomic mass is 79.9. The summed E-state index contributed by atoms with van der Waals surface area (Å²) in [5.41, 5.74) is 1.78. The van der Waals surface area contributed by atoms with Crippen LogP contribution in [0, 0.1) is 0 Å². The van der Waals surface area contributed by atoms with E-state index in [1.54, 1.807) is 14.2 Å². The van der Waals surface area contributed by atoms with E-state index >= 15 is 0 Å². The van der Waals surface area contributed by atoms with Gasteiger partial charge in [-0.3, -0.25) is 0 Å². The van der Waals surface area contributed by atoms with Gasteiger partial charge in [0.15, 0.2) is 3.92 Å². The van der Waals surface area contributed by atoms with Gasteiger partial charge in [0.25, 0.3) is 0 Å². The number of benzene rings is 1. The third kappa shape index (κ3) is 2.64. The van der Waals surface area contributed by atoms with E-state index in [0.29, 0.717) is 0 Å². The number of aromatic nitrogens is 1. The number of halogens is 2. The molecule has 0 aliphatic carbocycles. The van der Waals surface area contributed by atoms with Gasteiger partial charge in [-0.15, -0.1) is 11.3 Å². The van der Waals surface area contributed by atoms with Gasteiger partial charge in [-0.05, 0) is 44.0 Å². The molecule has 2 rings (SSSR count). The van der Waals surface area contributed by atoms with Crippen LogP contribution < -0.4 is 9.47 Å². The normalized spacial score (nSPS) is 10.4. The van der Waals surface area contributed by atoms with Crippen LogP contribution >= 0.6 is 43.2 Å². The number of methoxy groups -OCH3 is 2. The summed E-state index contributed by atoms with van der Waals surface area (Å²) in [5, 5.41) is 1.97. The molecule has 1 aromatic carbocycles. The average Bonchev–Trinajstić information content (AvgIpc) is 2.75. The van der Waals surface area contributed by atoms with Crippen molar-refractivity contribution in [1.82, 2.24) is 4.98 Å². The third-order valence-electron chi connectivity index (χ3n) is 2.23. The first-order valence-electron chi connectivity index (χ1n) is 4.68. The monoisotopic (exact) mass is 377 g/mol. The van der Waals surface area contributed by atoms with E-state index in [4.69, 9.17) is 9.47 Å². The summed E-state index contributed by atoms with van der Waals surface area (Å²) in [4.78, 5) is 4.38. The average molecular weight is 379 g/mol. The first-order valence-corrected chi connectivity index (χ1v) is 7.15. The molecule has 2 aromatic rings. The Hall–Kier alpha value is -0.590. The van der Waals surface area contributed by atoms with Gasteiger partial charge >= 0.3 is 0 Å². The molecule has 0 saturated carbocycles. The van der Waals surface area contributed by atoms with Crippen molar-refractivity contribution in [3.8, 4) is 22.8 Å². The van der Waals surface area contributed by atoms with E-state index in [9.17, 15) is 0 Å². The van der Waals surface area contributed by atoms with Gasteiger partial charge in [-0.25, -0.2) is 4.98 Å². The molecule has 1 heterocycles. The standard InChI is InChI=1S/C11H9Br2NO2S/c1-15-9-4-7(12)10(16-2)3-6(9)8-5-17-11(13)14-8/h3-5H,1-2H3. The Morgan fingerprint density at radius 2 is 1.82 bits per heavy atom. The van der Waals surface area contributed by atoms with E-state index in [-0.39, 0.29) is 0 Å². The van der Waals surface area contributed by atoms with Crippen LogP contribution in [0.2, 0.25) is 0 Å². The molecule has 0 atom stereocenters. The molecule has 0 N–H and O–H groups in total. The molecule has 0 saturated heterocycles. The van der Waals surface area contributed by atoms with Crippen molar-refractivity contribution >= 4 is 43.2 Å². The van der Waals surface area contributed by atoms with Gasteiger partial charge in [0, 0.05) is 10.9 Å². The van der Waals surface area contributed by atoms with Crippen LogP contribution in [0.4, 0.5) is 0 Å². The Morgan fingerprint density at radius 3 is 2.35 bits per heavy atom. The van der Waals surface area contributed by atoms with Gasteiger partial charge in [-0.1, -0.05) is 0 Å². The molecule has 0 bridgehead atoms. The summed E-state index contributed by atoms with van der Waals surface area (Å²) in [6, 6.07) is 3.78. The quantitative estimate of drug-likeness (QED) is 0.795. The minimum Gasteiger partial charge on any atom is -0.496 e. The summed E-state index contributed by atoms with van der Waals surface area (Å²) < 4.78 is 12.3. The smallest absolute Gasteiger partial charge is 0.159 e. The van der Waals surface area contributed by atoms with E-state index in [1.807, 2.05) is 17.5 Å². The van der Waals surface area contributed by atoms with Crippen LogP contribution in [0.15, 0.2) is 25.9 Å². The largest absolute Gasteiger partial charge is 0.496 e. The second kappa shape index (κ2) is 5.37. The number of thiazole rings is 1. The van der Waals surface area contributed by atoms with E-state index in [1.165, 1.54) is 11.3 Å². The predicted octanol–water partition coefficient (Wildman–Crippen LogP) is 4.35. The number of rotatable bonds is 3. The predicted molar refractivity (Wildman–Crippen MR) is 76.1 cm³/mol. The summed E-state index contributed by atoms with van der Waals surface area (Å²) in [6.07, 6.45) is 0. The molecule has 0 fully saturated rings. The minimum absolute atomic E-state index is 0.755. The fourth-order valence-corrected chi connectivity index (χ4v) is 2.93. The second-order valence-electron chi connectivity index (χ2n) is 3.17. The van der Waals surface area contributed by atoms with Crippen molar-refractivity contribution in [2.24, 2.45) is 0 Å². The van der Waals surface area contributed by atoms with Gasteiger partial charge in [0.1, 0.15) is 11.5 Å². The molecule has 90 valence electrons. The molecule has 0 amide bonds. The topological polar surface area (TPSA) is 31.4 Å². The van der Waals surface area contributed by atoms with Crippen molar-refractivity contribution < 1.29 is 9.47 Å². The lowest BCUT2D eigenvalue weighted by atomic mass is 10.1. The lowest BCUT2D eigenvalue weighted by Crippen LogP contribution is -1.91. The van der Waals surface area contributed by atoms with E-state index in [2.05, 4.69) is 36.8 Å². The summed E-state index contributed by atoms with van der Waals surface area (Å²) in [6.45, 7) is 0. The molecule has 0 aliphatic rings. The zero-order chi connectivity index (χ0) is 12.4. The van der Waals surface area contributed by atoms with Crippen molar-refractivity contribution in [3.05, 3.63) is 25.9 Å². The van der Waals surface area contributed by atoms with Gasteiger partial charge < -0.3 is 9.47 Å². The van der Waals surface area contributed by atoms with Crippen molar-refractivity contribution in [2.75, 3.05) is 14.2 Å². The first-order chi connectivity index (χ1) is 8.15. The van der Waals surface area contributed by atoms with Crippen LogP contribution in [0.25, 0.3) is 11.3 Å². The molecule has 0 aliphatic heterocycles. The Labute approximate surface area is 120 Å². The zero-order valence-electron chi connectivity index (χ0n) is 9.16. The van der Waals surface area contributed by atoms with Gasteiger partial charge in [-0.2, -0.15) is 0 Å². The first kappa shape index (κ1) is 12.9. The number of hydrogen-bond acceptors (Lipinski definition) is 4. The fraction of sp³-hybridized carbons (Fsp3) is 0.182. The molecule has 0 radical (unpaired) electrons. The lowest BCUT2D eigenvalue weighted by Gasteiger charge is -2.10. The Kier molecular flexibility index (Phi) is 4.06. The molecular formula is C11H9Br2NO2S. The Balaban J connectivity index is 2.58. The summed E-state index contributed by atoms with van der Waals surface area (Å²) in [5.74, 6) is 1.51. The minimum atomic E-state index is 0.755. The summed E-state index contributed by atoms with van der Waals surface area (Å²) >= 11 is 8.31. The maximum absolute atomic E-state index is 5.35. The fourth-order valence-electron chi connectivity index (χ4n) is 1.44. The molecule has 0 spiro atoms. The highest BCUT2D eigenvalue weighted by molar-refractivity contribution is 9.11. The zero-order valence-corrected chi connectivity index (χ0v) is 13.1. The summed E-state index contributed by atoms with van der Waals surface area (Å²) in [7, 11) is 3.27. The Morgan fingerprint density at radius 1 is 1.12 bits per heavy atom. The van der Waals surface area contributed by atoms with Crippen molar-refractivity contribution in [2.45, 2.75) is 0 Å². The van der Waals surface area contributed by atoms with Crippen molar-refractivity contribution in [1.29, 1.82) is 0 Å². The Bertz CT molecular complexity index is 542. The molecule has 17 heavy (non-hydrogen) atoms. The van der Waals surface area contributed by atoms with Crippen LogP contribution in [0.3, 0.4) is 0 Å². The second-order valence-corrected chi connectivity index (χ2v) is 6.16. The van der Waals surface area contributed by atoms with E-state index in [0.717, 1.165) is 31.1 Å². The van der Waals surface area contributed by atoms with Gasteiger partial charge in [0.05, 0.1) is 24.4 Å². The number of hydrogen-bond donors (Lipinski definition) is 0. The van der Waals surface area contributed by atoms with Crippen LogP contribution in [0.5, 0.6) is 11.5 Å². The molecule has 1 aromatic heterocycles. The molecule has 3 nitrogen and oxygen atoms in total. The van der Waals surface area contributed by atoms with Crippen LogP contribution in [-0.4, -0.2) is 19.2 Å². The number of ether oxygens (including phenoxy) is 2. The lowest BCUT2D eigenvalue weighted by molar-refractivity contribution is 0.402. The van der Waals surface area contributed by atoms with E-state index < -0.39 is 0 Å². The highest BCUT2D eigenvalue weighted by Gasteiger charge is 2.13. The SMILES string of the molecule is COc1cc(-c2csc(Br)n2)c(OC)cc1Br. The maximum Gasteiger partial charge on any atom is 0.159 e. The van der Waals surface area contributed by atoms with Gasteiger partial charge in [0.2, 0.25) is 0 Å². The molecule has 0 unspecified atom stereocenters. The number of nitrogens with zero attached hydrogens (tertiary/aromatic N) is 1. The molecular weight excluding hydrogens is 370 g/mol. The maximum atomic E-state index is 5.35. The van der Waals surface area contributed by atoms with Crippen LogP contribution in [0.1, 0.15) is 0 Å². The van der Waals surface area contributed by atoms with Crippen molar-refractivity contribution in [3.63, 3.8) is 0 Å².